The summed E-state index contributed by atoms with van der Waals surface area (Å²) in [5.74, 6) is -1.84. The number of hydrogen-bond donors (Lipinski definition) is 1. The molecule has 0 radical (unpaired) electrons. The predicted octanol–water partition coefficient (Wildman–Crippen LogP) is 5.60. The van der Waals surface area contributed by atoms with E-state index in [4.69, 9.17) is 19.9 Å². The zero-order valence-electron chi connectivity index (χ0n) is 26.9. The second-order valence-corrected chi connectivity index (χ2v) is 13.5. The first-order valence-electron chi connectivity index (χ1n) is 16.1. The molecular formula is C35H41N5O6. The molecule has 242 valence electrons. The minimum Gasteiger partial charge on any atom is -0.462 e. The molecular weight excluding hydrogens is 586 g/mol. The van der Waals surface area contributed by atoms with Crippen LogP contribution in [-0.4, -0.2) is 67.1 Å². The third-order valence-corrected chi connectivity index (χ3v) is 9.12. The third kappa shape index (κ3) is 6.02. The van der Waals surface area contributed by atoms with Crippen molar-refractivity contribution in [2.45, 2.75) is 71.8 Å². The van der Waals surface area contributed by atoms with Crippen LogP contribution < -0.4 is 14.7 Å². The molecule has 3 fully saturated rings. The molecule has 11 heteroatoms. The van der Waals surface area contributed by atoms with Gasteiger partial charge < -0.3 is 19.3 Å². The van der Waals surface area contributed by atoms with Gasteiger partial charge >= 0.3 is 12.1 Å². The smallest absolute Gasteiger partial charge is 0.414 e. The molecule has 3 amide bonds. The molecule has 46 heavy (non-hydrogen) atoms. The largest absolute Gasteiger partial charge is 0.462 e. The van der Waals surface area contributed by atoms with Crippen LogP contribution >= 0.6 is 0 Å². The minimum atomic E-state index is -0.813. The Morgan fingerprint density at radius 1 is 0.978 bits per heavy atom. The lowest BCUT2D eigenvalue weighted by Crippen LogP contribution is -2.56. The lowest BCUT2D eigenvalue weighted by molar-refractivity contribution is -0.135. The van der Waals surface area contributed by atoms with Crippen LogP contribution in [0.5, 0.6) is 0 Å². The van der Waals surface area contributed by atoms with Gasteiger partial charge in [-0.15, -0.1) is 0 Å². The molecule has 4 aliphatic rings. The molecule has 1 spiro atoms. The summed E-state index contributed by atoms with van der Waals surface area (Å²) in [5, 5.41) is 8.85. The van der Waals surface area contributed by atoms with E-state index in [1.54, 1.807) is 33.8 Å². The number of fused-ring (bicyclic) bond motifs is 1. The van der Waals surface area contributed by atoms with Gasteiger partial charge in [-0.25, -0.2) is 14.6 Å². The van der Waals surface area contributed by atoms with Gasteiger partial charge in [-0.3, -0.25) is 19.9 Å². The predicted molar refractivity (Wildman–Crippen MR) is 175 cm³/mol. The lowest BCUT2D eigenvalue weighted by Gasteiger charge is -2.39. The number of amides is 3. The molecule has 0 aromatic heterocycles. The molecule has 2 aromatic carbocycles. The molecule has 1 atom stereocenters. The van der Waals surface area contributed by atoms with Gasteiger partial charge in [-0.2, -0.15) is 0 Å². The van der Waals surface area contributed by atoms with Crippen molar-refractivity contribution in [1.29, 1.82) is 5.41 Å². The minimum absolute atomic E-state index is 0.100. The van der Waals surface area contributed by atoms with Crippen molar-refractivity contribution in [3.8, 4) is 0 Å². The van der Waals surface area contributed by atoms with Crippen molar-refractivity contribution in [2.24, 2.45) is 16.3 Å². The van der Waals surface area contributed by atoms with E-state index in [9.17, 15) is 19.2 Å². The van der Waals surface area contributed by atoms with Crippen molar-refractivity contribution < 1.29 is 28.7 Å². The van der Waals surface area contributed by atoms with E-state index in [0.717, 1.165) is 42.6 Å². The van der Waals surface area contributed by atoms with Crippen LogP contribution in [0.4, 0.5) is 27.5 Å². The van der Waals surface area contributed by atoms with E-state index >= 15 is 0 Å². The molecule has 1 N–H and O–H groups in total. The molecule has 3 aliphatic heterocycles. The number of carbonyl (C=O) groups excluding carboxylic acids is 4. The summed E-state index contributed by atoms with van der Waals surface area (Å²) < 4.78 is 10.8. The van der Waals surface area contributed by atoms with Gasteiger partial charge in [0.25, 0.3) is 5.91 Å². The summed E-state index contributed by atoms with van der Waals surface area (Å²) >= 11 is 0. The number of ether oxygens (including phenoxy) is 2. The number of aliphatic imine (C=N–C) groups is 1. The van der Waals surface area contributed by atoms with E-state index in [1.807, 2.05) is 51.1 Å². The number of carbonyl (C=O) groups is 4. The van der Waals surface area contributed by atoms with Crippen molar-refractivity contribution >= 4 is 58.0 Å². The normalized spacial score (nSPS) is 21.4. The highest BCUT2D eigenvalue weighted by molar-refractivity contribution is 6.54. The number of anilines is 3. The molecule has 6 rings (SSSR count). The van der Waals surface area contributed by atoms with Gasteiger partial charge in [-0.1, -0.05) is 0 Å². The van der Waals surface area contributed by atoms with Crippen LogP contribution in [0.15, 0.2) is 47.5 Å². The van der Waals surface area contributed by atoms with Crippen molar-refractivity contribution in [3.05, 3.63) is 48.0 Å². The first-order valence-corrected chi connectivity index (χ1v) is 16.1. The lowest BCUT2D eigenvalue weighted by atomic mass is 9.77. The molecule has 11 nitrogen and oxygen atoms in total. The maximum Gasteiger partial charge on any atom is 0.414 e. The molecule has 1 unspecified atom stereocenters. The third-order valence-electron chi connectivity index (χ3n) is 9.12. The van der Waals surface area contributed by atoms with Gasteiger partial charge in [0.15, 0.2) is 0 Å². The number of piperidine rings is 2. The maximum atomic E-state index is 14.3. The fraction of sp³-hybridized carbons (Fsp3) is 0.486. The Labute approximate surface area is 269 Å². The van der Waals surface area contributed by atoms with Crippen LogP contribution in [0, 0.1) is 16.7 Å². The highest BCUT2D eigenvalue weighted by Gasteiger charge is 2.60. The van der Waals surface area contributed by atoms with E-state index in [1.165, 1.54) is 0 Å². The number of hydrogen-bond acceptors (Lipinski definition) is 8. The van der Waals surface area contributed by atoms with E-state index < -0.39 is 29.0 Å². The summed E-state index contributed by atoms with van der Waals surface area (Å²) in [4.78, 5) is 62.4. The van der Waals surface area contributed by atoms with Gasteiger partial charge in [0, 0.05) is 42.8 Å². The summed E-state index contributed by atoms with van der Waals surface area (Å²) in [7, 11) is 0. The number of benzene rings is 2. The van der Waals surface area contributed by atoms with Crippen LogP contribution in [0.2, 0.25) is 0 Å². The van der Waals surface area contributed by atoms with Gasteiger partial charge in [0.05, 0.1) is 23.9 Å². The Morgan fingerprint density at radius 3 is 2.30 bits per heavy atom. The molecule has 1 aliphatic carbocycles. The highest BCUT2D eigenvalue weighted by atomic mass is 16.6. The van der Waals surface area contributed by atoms with Crippen molar-refractivity contribution in [2.75, 3.05) is 40.9 Å². The second kappa shape index (κ2) is 12.0. The molecule has 0 bridgehead atoms. The summed E-state index contributed by atoms with van der Waals surface area (Å²) in [6, 6.07) is 12.8. The second-order valence-electron chi connectivity index (χ2n) is 13.5. The number of nitrogens with one attached hydrogen (secondary N) is 1. The Hall–Kier alpha value is -4.54. The highest BCUT2D eigenvalue weighted by Crippen LogP contribution is 2.56. The fourth-order valence-electron chi connectivity index (χ4n) is 6.72. The van der Waals surface area contributed by atoms with E-state index in [2.05, 4.69) is 0 Å². The zero-order valence-corrected chi connectivity index (χ0v) is 26.9. The average Bonchev–Trinajstić information content (AvgIpc) is 3.65. The van der Waals surface area contributed by atoms with Gasteiger partial charge in [-0.05, 0) is 108 Å². The number of rotatable bonds is 6. The Morgan fingerprint density at radius 2 is 1.67 bits per heavy atom. The summed E-state index contributed by atoms with van der Waals surface area (Å²) in [6.45, 7) is 8.77. The zero-order chi connectivity index (χ0) is 32.8. The Balaban J connectivity index is 1.34. The van der Waals surface area contributed by atoms with Crippen molar-refractivity contribution in [3.63, 3.8) is 0 Å². The molecule has 2 saturated heterocycles. The monoisotopic (exact) mass is 627 g/mol. The van der Waals surface area contributed by atoms with Gasteiger partial charge in [0.1, 0.15) is 17.0 Å². The maximum absolute atomic E-state index is 14.3. The van der Waals surface area contributed by atoms with E-state index in [-0.39, 0.29) is 29.8 Å². The Bertz CT molecular complexity index is 1620. The topological polar surface area (TPSA) is 133 Å². The quantitative estimate of drug-likeness (QED) is 0.328. The van der Waals surface area contributed by atoms with Crippen molar-refractivity contribution in [1.82, 2.24) is 0 Å². The van der Waals surface area contributed by atoms with Crippen LogP contribution in [-0.2, 0) is 30.3 Å². The van der Waals surface area contributed by atoms with Gasteiger partial charge in [0.2, 0.25) is 5.91 Å². The molecule has 3 heterocycles. The number of nitrogens with zero attached hydrogens (tertiary/aromatic N) is 4. The summed E-state index contributed by atoms with van der Waals surface area (Å²) in [6.07, 6.45) is 4.03. The Kier molecular flexibility index (Phi) is 8.20. The average molecular weight is 628 g/mol. The van der Waals surface area contributed by atoms with Crippen LogP contribution in [0.25, 0.3) is 0 Å². The SMILES string of the molecule is CCOC(=O)C(=N)C1C(=Nc2ccc3c(c2)CCN3C(=O)OC(C)(C)C)C(=O)N(c2ccc(N3CCCCC3=O)cc2)CC12CC2. The summed E-state index contributed by atoms with van der Waals surface area (Å²) in [5.41, 5.74) is 2.33. The van der Waals surface area contributed by atoms with E-state index in [0.29, 0.717) is 43.9 Å². The molecule has 1 saturated carbocycles. The fourth-order valence-corrected chi connectivity index (χ4v) is 6.72. The molecule has 2 aromatic rings. The first kappa shape index (κ1) is 31.4. The van der Waals surface area contributed by atoms with Crippen LogP contribution in [0.3, 0.4) is 0 Å². The standard InChI is InChI=1S/C35H41N5O6/c1-5-45-32(43)29(36)28-30(37-23-9-14-26-22(20-23)15-19-39(26)33(44)46-34(2,3)4)31(42)40(21-35(28)16-17-35)25-12-10-24(11-13-25)38-18-7-6-8-27(38)41/h9-14,20,28,36H,5-8,15-19,21H2,1-4H3. The first-order chi connectivity index (χ1) is 21.9. The number of esters is 1. The van der Waals surface area contributed by atoms with Crippen LogP contribution in [0.1, 0.15) is 65.4 Å².